The van der Waals surface area contributed by atoms with Crippen molar-refractivity contribution in [2.75, 3.05) is 20.2 Å². The molecule has 160 valence electrons. The number of ether oxygens (including phenoxy) is 1. The van der Waals surface area contributed by atoms with Gasteiger partial charge in [-0.25, -0.2) is 0 Å². The summed E-state index contributed by atoms with van der Waals surface area (Å²) in [6, 6.07) is 7.60. The first-order chi connectivity index (χ1) is 13.4. The molecule has 0 radical (unpaired) electrons. The number of carbonyl (C=O) groups excluding carboxylic acids is 1. The van der Waals surface area contributed by atoms with Crippen LogP contribution in [0.2, 0.25) is 0 Å². The molecule has 0 bridgehead atoms. The first-order valence-electron chi connectivity index (χ1n) is 10.4. The molecule has 1 aromatic heterocycles. The van der Waals surface area contributed by atoms with E-state index in [0.29, 0.717) is 24.4 Å². The number of likely N-dealkylation sites (N-methyl/N-ethyl adjacent to an activating group) is 1. The zero-order chi connectivity index (χ0) is 22.0. The lowest BCUT2D eigenvalue weighted by molar-refractivity contribution is -0.131. The average Bonchev–Trinajstić information content (AvgIpc) is 2.62. The third-order valence-electron chi connectivity index (χ3n) is 5.27. The number of aromatic nitrogens is 1. The highest BCUT2D eigenvalue weighted by Crippen LogP contribution is 2.26. The summed E-state index contributed by atoms with van der Waals surface area (Å²) in [5.41, 5.74) is 1.16. The predicted octanol–water partition coefficient (Wildman–Crippen LogP) is 4.59. The molecule has 1 heterocycles. The second-order valence-corrected chi connectivity index (χ2v) is 9.91. The molecule has 29 heavy (non-hydrogen) atoms. The molecule has 2 aromatic rings. The quantitative estimate of drug-likeness (QED) is 0.712. The summed E-state index contributed by atoms with van der Waals surface area (Å²) in [7, 11) is 1.60. The molecule has 2 rings (SSSR count). The van der Waals surface area contributed by atoms with E-state index in [2.05, 4.69) is 20.8 Å². The van der Waals surface area contributed by atoms with Crippen LogP contribution in [0.4, 0.5) is 0 Å². The van der Waals surface area contributed by atoms with Crippen LogP contribution in [-0.2, 0) is 16.8 Å². The molecule has 0 spiro atoms. The summed E-state index contributed by atoms with van der Waals surface area (Å²) in [5.74, 6) is 0.635. The molecular formula is C24H36N2O3. The fourth-order valence-corrected chi connectivity index (χ4v) is 3.34. The van der Waals surface area contributed by atoms with Crippen LogP contribution < -0.4 is 10.3 Å². The Balaban J connectivity index is 2.52. The van der Waals surface area contributed by atoms with Crippen molar-refractivity contribution in [2.24, 2.45) is 5.41 Å². The third kappa shape index (κ3) is 5.62. The minimum Gasteiger partial charge on any atom is -0.497 e. The van der Waals surface area contributed by atoms with Gasteiger partial charge in [-0.15, -0.1) is 0 Å². The van der Waals surface area contributed by atoms with Crippen molar-refractivity contribution in [3.63, 3.8) is 0 Å². The Labute approximate surface area is 174 Å². The number of hydrogen-bond acceptors (Lipinski definition) is 3. The highest BCUT2D eigenvalue weighted by atomic mass is 16.5. The number of fused-ring (bicyclic) bond motifs is 1. The van der Waals surface area contributed by atoms with Crippen LogP contribution in [0.1, 0.15) is 60.5 Å². The summed E-state index contributed by atoms with van der Waals surface area (Å²) in [4.78, 5) is 28.3. The number of rotatable bonds is 6. The monoisotopic (exact) mass is 400 g/mol. The van der Waals surface area contributed by atoms with E-state index in [1.807, 2.05) is 56.9 Å². The lowest BCUT2D eigenvalue weighted by atomic mass is 9.87. The second kappa shape index (κ2) is 8.60. The van der Waals surface area contributed by atoms with Crippen molar-refractivity contribution < 1.29 is 9.53 Å². The first-order valence-corrected chi connectivity index (χ1v) is 10.4. The Morgan fingerprint density at radius 1 is 1.10 bits per heavy atom. The minimum absolute atomic E-state index is 0.0321. The Morgan fingerprint density at radius 2 is 1.76 bits per heavy atom. The van der Waals surface area contributed by atoms with Crippen LogP contribution in [0.25, 0.3) is 10.9 Å². The molecule has 0 aliphatic carbocycles. The van der Waals surface area contributed by atoms with Crippen LogP contribution in [0.3, 0.4) is 0 Å². The van der Waals surface area contributed by atoms with Gasteiger partial charge in [0.2, 0.25) is 5.91 Å². The number of pyridine rings is 1. The molecule has 0 aliphatic heterocycles. The van der Waals surface area contributed by atoms with E-state index in [0.717, 1.165) is 17.3 Å². The fourth-order valence-electron chi connectivity index (χ4n) is 3.34. The van der Waals surface area contributed by atoms with Crippen molar-refractivity contribution in [3.05, 3.63) is 40.2 Å². The molecule has 0 atom stereocenters. The lowest BCUT2D eigenvalue weighted by Gasteiger charge is -2.27. The highest BCUT2D eigenvalue weighted by Gasteiger charge is 2.23. The molecule has 5 nitrogen and oxygen atoms in total. The highest BCUT2D eigenvalue weighted by molar-refractivity contribution is 5.84. The maximum Gasteiger partial charge on any atom is 0.255 e. The van der Waals surface area contributed by atoms with Crippen LogP contribution >= 0.6 is 0 Å². The molecule has 0 saturated carbocycles. The van der Waals surface area contributed by atoms with E-state index in [4.69, 9.17) is 4.74 Å². The summed E-state index contributed by atoms with van der Waals surface area (Å²) in [6.07, 6.45) is 0.915. The van der Waals surface area contributed by atoms with E-state index < -0.39 is 0 Å². The smallest absolute Gasteiger partial charge is 0.255 e. The third-order valence-corrected chi connectivity index (χ3v) is 5.27. The van der Waals surface area contributed by atoms with Gasteiger partial charge < -0.3 is 9.64 Å². The van der Waals surface area contributed by atoms with Gasteiger partial charge in [0.25, 0.3) is 5.56 Å². The largest absolute Gasteiger partial charge is 0.497 e. The summed E-state index contributed by atoms with van der Waals surface area (Å²) in [5, 5.41) is 0.931. The number of benzene rings is 1. The zero-order valence-corrected chi connectivity index (χ0v) is 19.3. The molecule has 0 aliphatic rings. The SMILES string of the molecule is CCN(CCC(C)(C)C)C(=O)Cn1c(=O)c(C(C)(C)C)cc2ccc(OC)cc21. The van der Waals surface area contributed by atoms with Gasteiger partial charge in [-0.2, -0.15) is 0 Å². The van der Waals surface area contributed by atoms with Gasteiger partial charge in [-0.3, -0.25) is 14.2 Å². The maximum atomic E-state index is 13.3. The van der Waals surface area contributed by atoms with E-state index >= 15 is 0 Å². The lowest BCUT2D eigenvalue weighted by Crippen LogP contribution is -2.39. The Bertz CT molecular complexity index is 930. The van der Waals surface area contributed by atoms with Crippen LogP contribution in [-0.4, -0.2) is 35.6 Å². The van der Waals surface area contributed by atoms with Crippen LogP contribution in [0, 0.1) is 5.41 Å². The zero-order valence-electron chi connectivity index (χ0n) is 19.3. The maximum absolute atomic E-state index is 13.3. The van der Waals surface area contributed by atoms with Gasteiger partial charge in [0.1, 0.15) is 12.3 Å². The first kappa shape index (κ1) is 23.0. The number of carbonyl (C=O) groups is 1. The number of hydrogen-bond donors (Lipinski definition) is 0. The van der Waals surface area contributed by atoms with Crippen molar-refractivity contribution in [3.8, 4) is 5.75 Å². The summed E-state index contributed by atoms with van der Waals surface area (Å²) in [6.45, 7) is 15.9. The van der Waals surface area contributed by atoms with Crippen LogP contribution in [0.5, 0.6) is 5.75 Å². The second-order valence-electron chi connectivity index (χ2n) is 9.91. The minimum atomic E-state index is -0.313. The summed E-state index contributed by atoms with van der Waals surface area (Å²) >= 11 is 0. The molecule has 0 N–H and O–H groups in total. The number of methoxy groups -OCH3 is 1. The normalized spacial score (nSPS) is 12.3. The standard InChI is InChI=1S/C24H36N2O3/c1-9-25(13-12-23(2,3)4)21(27)16-26-20-15-18(29-8)11-10-17(20)14-19(22(26)28)24(5,6)7/h10-11,14-15H,9,12-13,16H2,1-8H3. The van der Waals surface area contributed by atoms with Gasteiger partial charge in [-0.05, 0) is 47.8 Å². The van der Waals surface area contributed by atoms with Gasteiger partial charge in [0.15, 0.2) is 0 Å². The number of nitrogens with zero attached hydrogens (tertiary/aromatic N) is 2. The van der Waals surface area contributed by atoms with E-state index in [1.165, 1.54) is 0 Å². The molecule has 1 amide bonds. The number of amides is 1. The Kier molecular flexibility index (Phi) is 6.82. The molecule has 0 saturated heterocycles. The van der Waals surface area contributed by atoms with E-state index in [1.54, 1.807) is 11.7 Å². The Morgan fingerprint density at radius 3 is 2.28 bits per heavy atom. The molecule has 0 unspecified atom stereocenters. The molecular weight excluding hydrogens is 364 g/mol. The van der Waals surface area contributed by atoms with Crippen molar-refractivity contribution in [1.82, 2.24) is 9.47 Å². The van der Waals surface area contributed by atoms with Gasteiger partial charge in [0.05, 0.1) is 12.6 Å². The van der Waals surface area contributed by atoms with Gasteiger partial charge in [0, 0.05) is 24.7 Å². The fraction of sp³-hybridized carbons (Fsp3) is 0.583. The average molecular weight is 401 g/mol. The topological polar surface area (TPSA) is 51.5 Å². The Hall–Kier alpha value is -2.30. The van der Waals surface area contributed by atoms with E-state index in [9.17, 15) is 9.59 Å². The van der Waals surface area contributed by atoms with Gasteiger partial charge >= 0.3 is 0 Å². The van der Waals surface area contributed by atoms with Crippen LogP contribution in [0.15, 0.2) is 29.1 Å². The molecule has 0 fully saturated rings. The van der Waals surface area contributed by atoms with Crippen molar-refractivity contribution in [1.29, 1.82) is 0 Å². The van der Waals surface area contributed by atoms with Crippen molar-refractivity contribution >= 4 is 16.8 Å². The summed E-state index contributed by atoms with van der Waals surface area (Å²) < 4.78 is 6.97. The predicted molar refractivity (Wildman–Crippen MR) is 120 cm³/mol. The van der Waals surface area contributed by atoms with E-state index in [-0.39, 0.29) is 28.8 Å². The molecule has 1 aromatic carbocycles. The van der Waals surface area contributed by atoms with Gasteiger partial charge in [-0.1, -0.05) is 41.5 Å². The molecule has 5 heteroatoms. The van der Waals surface area contributed by atoms with Crippen molar-refractivity contribution in [2.45, 2.75) is 66.8 Å².